The topological polar surface area (TPSA) is 59.8 Å². The van der Waals surface area contributed by atoms with Gasteiger partial charge in [-0.25, -0.2) is 9.07 Å². The molecule has 4 rings (SSSR count). The van der Waals surface area contributed by atoms with Crippen molar-refractivity contribution in [3.63, 3.8) is 0 Å². The fourth-order valence-electron chi connectivity index (χ4n) is 3.12. The van der Waals surface area contributed by atoms with Gasteiger partial charge < -0.3 is 5.32 Å². The van der Waals surface area contributed by atoms with E-state index in [1.54, 1.807) is 16.8 Å². The summed E-state index contributed by atoms with van der Waals surface area (Å²) in [6.07, 6.45) is 4.84. The Morgan fingerprint density at radius 3 is 2.39 bits per heavy atom. The van der Waals surface area contributed by atoms with E-state index in [-0.39, 0.29) is 17.8 Å². The average molecular weight is 314 g/mol. The number of amides is 1. The van der Waals surface area contributed by atoms with E-state index in [0.717, 1.165) is 0 Å². The van der Waals surface area contributed by atoms with Crippen LogP contribution in [0.1, 0.15) is 41.9 Å². The first kappa shape index (κ1) is 14.4. The molecule has 0 aliphatic heterocycles. The molecular formula is C17H19FN4O. The van der Waals surface area contributed by atoms with Gasteiger partial charge in [-0.2, -0.15) is 0 Å². The summed E-state index contributed by atoms with van der Waals surface area (Å²) < 4.78 is 14.6. The Morgan fingerprint density at radius 1 is 1.22 bits per heavy atom. The predicted molar refractivity (Wildman–Crippen MR) is 82.8 cm³/mol. The Morgan fingerprint density at radius 2 is 1.83 bits per heavy atom. The van der Waals surface area contributed by atoms with Crippen molar-refractivity contribution in [1.82, 2.24) is 20.3 Å². The van der Waals surface area contributed by atoms with Crippen LogP contribution in [0.25, 0.3) is 5.69 Å². The van der Waals surface area contributed by atoms with Crippen LogP contribution in [0.4, 0.5) is 4.39 Å². The SMILES string of the molecule is Cc1c(C(=O)NC(C2CC2)C2CC2)nnn1-c1ccc(F)cc1. The first-order valence-corrected chi connectivity index (χ1v) is 8.12. The van der Waals surface area contributed by atoms with Gasteiger partial charge in [0.05, 0.1) is 11.4 Å². The summed E-state index contributed by atoms with van der Waals surface area (Å²) in [5, 5.41) is 11.2. The summed E-state index contributed by atoms with van der Waals surface area (Å²) in [5.41, 5.74) is 1.71. The zero-order valence-corrected chi connectivity index (χ0v) is 13.0. The summed E-state index contributed by atoms with van der Waals surface area (Å²) in [5.74, 6) is 0.818. The monoisotopic (exact) mass is 314 g/mol. The number of hydrogen-bond donors (Lipinski definition) is 1. The number of nitrogens with zero attached hydrogens (tertiary/aromatic N) is 3. The van der Waals surface area contributed by atoms with Crippen molar-refractivity contribution >= 4 is 5.91 Å². The van der Waals surface area contributed by atoms with E-state index >= 15 is 0 Å². The fourth-order valence-corrected chi connectivity index (χ4v) is 3.12. The number of carbonyl (C=O) groups excluding carboxylic acids is 1. The third-order valence-corrected chi connectivity index (χ3v) is 4.74. The van der Waals surface area contributed by atoms with Gasteiger partial charge >= 0.3 is 0 Å². The molecule has 2 aliphatic rings. The number of carbonyl (C=O) groups is 1. The lowest BCUT2D eigenvalue weighted by atomic mass is 10.1. The van der Waals surface area contributed by atoms with Crippen molar-refractivity contribution in [2.75, 3.05) is 0 Å². The maximum Gasteiger partial charge on any atom is 0.274 e. The molecule has 0 radical (unpaired) electrons. The summed E-state index contributed by atoms with van der Waals surface area (Å²) in [7, 11) is 0. The zero-order chi connectivity index (χ0) is 16.0. The fraction of sp³-hybridized carbons (Fsp3) is 0.471. The maximum atomic E-state index is 13.0. The Bertz CT molecular complexity index is 720. The van der Waals surface area contributed by atoms with Gasteiger partial charge in [0, 0.05) is 6.04 Å². The first-order valence-electron chi connectivity index (χ1n) is 8.12. The van der Waals surface area contributed by atoms with Gasteiger partial charge in [0.1, 0.15) is 5.82 Å². The lowest BCUT2D eigenvalue weighted by Gasteiger charge is -2.16. The molecule has 2 aliphatic carbocycles. The minimum absolute atomic E-state index is 0.153. The van der Waals surface area contributed by atoms with Crippen molar-refractivity contribution in [2.24, 2.45) is 11.8 Å². The molecule has 1 amide bonds. The third kappa shape index (κ3) is 2.85. The quantitative estimate of drug-likeness (QED) is 0.923. The highest BCUT2D eigenvalue weighted by Crippen LogP contribution is 2.44. The van der Waals surface area contributed by atoms with Crippen LogP contribution in [-0.4, -0.2) is 26.9 Å². The molecule has 120 valence electrons. The van der Waals surface area contributed by atoms with E-state index in [1.165, 1.54) is 37.8 Å². The number of benzene rings is 1. The van der Waals surface area contributed by atoms with Crippen LogP contribution < -0.4 is 5.32 Å². The molecule has 23 heavy (non-hydrogen) atoms. The number of aromatic nitrogens is 3. The number of hydrogen-bond acceptors (Lipinski definition) is 3. The largest absolute Gasteiger partial charge is 0.347 e. The summed E-state index contributed by atoms with van der Waals surface area (Å²) in [4.78, 5) is 12.6. The van der Waals surface area contributed by atoms with Gasteiger partial charge in [-0.15, -0.1) is 5.10 Å². The Labute approximate surface area is 133 Å². The highest BCUT2D eigenvalue weighted by Gasteiger charge is 2.42. The van der Waals surface area contributed by atoms with Gasteiger partial charge in [0.2, 0.25) is 0 Å². The summed E-state index contributed by atoms with van der Waals surface area (Å²) in [6.45, 7) is 1.81. The van der Waals surface area contributed by atoms with Crippen LogP contribution in [0.3, 0.4) is 0 Å². The van der Waals surface area contributed by atoms with Gasteiger partial charge in [0.25, 0.3) is 5.91 Å². The molecule has 2 fully saturated rings. The third-order valence-electron chi connectivity index (χ3n) is 4.74. The molecule has 6 heteroatoms. The molecule has 2 aromatic rings. The molecule has 0 atom stereocenters. The molecule has 0 spiro atoms. The lowest BCUT2D eigenvalue weighted by molar-refractivity contribution is 0.0920. The smallest absolute Gasteiger partial charge is 0.274 e. The van der Waals surface area contributed by atoms with Crippen LogP contribution in [0.2, 0.25) is 0 Å². The van der Waals surface area contributed by atoms with Crippen molar-refractivity contribution in [3.05, 3.63) is 41.5 Å². The summed E-state index contributed by atoms with van der Waals surface area (Å²) >= 11 is 0. The van der Waals surface area contributed by atoms with Crippen LogP contribution in [0, 0.1) is 24.6 Å². The van der Waals surface area contributed by atoms with Crippen molar-refractivity contribution in [2.45, 2.75) is 38.6 Å². The second-order valence-electron chi connectivity index (χ2n) is 6.59. The molecule has 1 heterocycles. The van der Waals surface area contributed by atoms with Crippen molar-refractivity contribution < 1.29 is 9.18 Å². The van der Waals surface area contributed by atoms with Crippen LogP contribution >= 0.6 is 0 Å². The van der Waals surface area contributed by atoms with Crippen LogP contribution in [-0.2, 0) is 0 Å². The second-order valence-corrected chi connectivity index (χ2v) is 6.59. The molecule has 5 nitrogen and oxygen atoms in total. The molecular weight excluding hydrogens is 295 g/mol. The maximum absolute atomic E-state index is 13.0. The van der Waals surface area contributed by atoms with Crippen LogP contribution in [0.5, 0.6) is 0 Å². The van der Waals surface area contributed by atoms with Gasteiger partial charge in [-0.1, -0.05) is 5.21 Å². The normalized spacial score (nSPS) is 17.5. The summed E-state index contributed by atoms with van der Waals surface area (Å²) in [6, 6.07) is 6.27. The van der Waals surface area contributed by atoms with E-state index in [1.807, 2.05) is 6.92 Å². The van der Waals surface area contributed by atoms with E-state index in [2.05, 4.69) is 15.6 Å². The zero-order valence-electron chi connectivity index (χ0n) is 13.0. The molecule has 0 bridgehead atoms. The Balaban J connectivity index is 1.54. The minimum atomic E-state index is -0.304. The van der Waals surface area contributed by atoms with Gasteiger partial charge in [-0.05, 0) is 68.7 Å². The van der Waals surface area contributed by atoms with E-state index < -0.39 is 0 Å². The predicted octanol–water partition coefficient (Wildman–Crippen LogP) is 2.63. The molecule has 1 aromatic heterocycles. The Hall–Kier alpha value is -2.24. The van der Waals surface area contributed by atoms with Crippen LogP contribution in [0.15, 0.2) is 24.3 Å². The Kier molecular flexibility index (Phi) is 3.39. The lowest BCUT2D eigenvalue weighted by Crippen LogP contribution is -2.38. The number of halogens is 1. The van der Waals surface area contributed by atoms with Gasteiger partial charge in [0.15, 0.2) is 5.69 Å². The highest BCUT2D eigenvalue weighted by atomic mass is 19.1. The highest BCUT2D eigenvalue weighted by molar-refractivity contribution is 5.93. The standard InChI is InChI=1S/C17H19FN4O/c1-10-15(17(23)19-16(11-2-3-11)12-4-5-12)20-21-22(10)14-8-6-13(18)7-9-14/h6-9,11-12,16H,2-5H2,1H3,(H,19,23). The van der Waals surface area contributed by atoms with E-state index in [0.29, 0.717) is 28.9 Å². The molecule has 1 aromatic carbocycles. The molecule has 0 saturated heterocycles. The molecule has 0 unspecified atom stereocenters. The van der Waals surface area contributed by atoms with E-state index in [9.17, 15) is 9.18 Å². The van der Waals surface area contributed by atoms with Gasteiger partial charge in [-0.3, -0.25) is 4.79 Å². The average Bonchev–Trinajstić information content (AvgIpc) is 3.45. The second kappa shape index (κ2) is 5.44. The molecule has 2 saturated carbocycles. The van der Waals surface area contributed by atoms with E-state index in [4.69, 9.17) is 0 Å². The minimum Gasteiger partial charge on any atom is -0.347 e. The van der Waals surface area contributed by atoms with Crippen molar-refractivity contribution in [1.29, 1.82) is 0 Å². The number of rotatable bonds is 5. The number of nitrogens with one attached hydrogen (secondary N) is 1. The molecule has 1 N–H and O–H groups in total. The first-order chi connectivity index (χ1) is 11.1. The van der Waals surface area contributed by atoms with Crippen molar-refractivity contribution in [3.8, 4) is 5.69 Å².